The molecule has 0 aromatic rings. The van der Waals surface area contributed by atoms with Crippen LogP contribution >= 0.6 is 0 Å². The quantitative estimate of drug-likeness (QED) is 0.660. The Bertz CT molecular complexity index is 293. The average Bonchev–Trinajstić information content (AvgIpc) is 2.42. The number of hydrogen-bond acceptors (Lipinski definition) is 3. The van der Waals surface area contributed by atoms with Gasteiger partial charge < -0.3 is 15.2 Å². The second-order valence-corrected chi connectivity index (χ2v) is 5.18. The third-order valence-corrected chi connectivity index (χ3v) is 3.74. The summed E-state index contributed by atoms with van der Waals surface area (Å²) in [4.78, 5) is 23.1. The van der Waals surface area contributed by atoms with Crippen molar-refractivity contribution in [2.45, 2.75) is 44.9 Å². The van der Waals surface area contributed by atoms with E-state index in [4.69, 9.17) is 9.84 Å². The fourth-order valence-corrected chi connectivity index (χ4v) is 2.63. The number of amides is 1. The van der Waals surface area contributed by atoms with Crippen LogP contribution in [0.25, 0.3) is 0 Å². The van der Waals surface area contributed by atoms with Crippen molar-refractivity contribution in [2.75, 3.05) is 20.3 Å². The molecule has 0 spiro atoms. The summed E-state index contributed by atoms with van der Waals surface area (Å²) in [6.45, 7) is 1.38. The van der Waals surface area contributed by atoms with Crippen LogP contribution in [-0.4, -0.2) is 37.2 Å². The van der Waals surface area contributed by atoms with Crippen LogP contribution in [-0.2, 0) is 14.3 Å². The highest BCUT2D eigenvalue weighted by atomic mass is 16.5. The maximum Gasteiger partial charge on any atom is 0.307 e. The molecule has 1 aliphatic rings. The minimum absolute atomic E-state index is 0.0844. The van der Waals surface area contributed by atoms with Crippen LogP contribution in [0.1, 0.15) is 44.9 Å². The SMILES string of the molecule is COCCCCCNC(=O)C1CCCCC1C(=O)O. The van der Waals surface area contributed by atoms with Crippen molar-refractivity contribution < 1.29 is 19.4 Å². The van der Waals surface area contributed by atoms with Gasteiger partial charge in [-0.1, -0.05) is 12.8 Å². The van der Waals surface area contributed by atoms with E-state index in [0.29, 0.717) is 19.4 Å². The Balaban J connectivity index is 2.25. The van der Waals surface area contributed by atoms with E-state index < -0.39 is 11.9 Å². The Kier molecular flexibility index (Phi) is 7.48. The van der Waals surface area contributed by atoms with Gasteiger partial charge in [-0.3, -0.25) is 9.59 Å². The molecule has 110 valence electrons. The fourth-order valence-electron chi connectivity index (χ4n) is 2.63. The normalized spacial score (nSPS) is 23.0. The van der Waals surface area contributed by atoms with Gasteiger partial charge in [0.15, 0.2) is 0 Å². The number of methoxy groups -OCH3 is 1. The Hall–Kier alpha value is -1.10. The maximum atomic E-state index is 12.0. The number of ether oxygens (including phenoxy) is 1. The number of nitrogens with one attached hydrogen (secondary N) is 1. The van der Waals surface area contributed by atoms with E-state index in [1.54, 1.807) is 7.11 Å². The van der Waals surface area contributed by atoms with Gasteiger partial charge in [0.05, 0.1) is 11.8 Å². The number of rotatable bonds is 8. The van der Waals surface area contributed by atoms with Gasteiger partial charge in [-0.2, -0.15) is 0 Å². The van der Waals surface area contributed by atoms with Crippen LogP contribution in [0, 0.1) is 11.8 Å². The number of carboxylic acids is 1. The molecule has 5 nitrogen and oxygen atoms in total. The van der Waals surface area contributed by atoms with E-state index in [2.05, 4.69) is 5.32 Å². The first-order valence-corrected chi connectivity index (χ1v) is 7.16. The molecule has 1 fully saturated rings. The molecule has 0 saturated heterocycles. The van der Waals surface area contributed by atoms with E-state index in [1.165, 1.54) is 0 Å². The van der Waals surface area contributed by atoms with Crippen LogP contribution in [0.3, 0.4) is 0 Å². The summed E-state index contributed by atoms with van der Waals surface area (Å²) in [5, 5.41) is 12.0. The Morgan fingerprint density at radius 3 is 2.47 bits per heavy atom. The van der Waals surface area contributed by atoms with Crippen molar-refractivity contribution >= 4 is 11.9 Å². The molecule has 0 radical (unpaired) electrons. The number of carbonyl (C=O) groups excluding carboxylic acids is 1. The van der Waals surface area contributed by atoms with Gasteiger partial charge >= 0.3 is 5.97 Å². The smallest absolute Gasteiger partial charge is 0.307 e. The molecule has 0 heterocycles. The van der Waals surface area contributed by atoms with Crippen molar-refractivity contribution in [2.24, 2.45) is 11.8 Å². The molecule has 2 atom stereocenters. The summed E-state index contributed by atoms with van der Waals surface area (Å²) in [6.07, 6.45) is 6.12. The third kappa shape index (κ3) is 5.59. The predicted molar refractivity (Wildman–Crippen MR) is 71.8 cm³/mol. The summed E-state index contributed by atoms with van der Waals surface area (Å²) in [5.41, 5.74) is 0. The first-order chi connectivity index (χ1) is 9.16. The van der Waals surface area contributed by atoms with Gasteiger partial charge in [-0.05, 0) is 32.1 Å². The van der Waals surface area contributed by atoms with Crippen LogP contribution in [0.15, 0.2) is 0 Å². The molecular formula is C14H25NO4. The van der Waals surface area contributed by atoms with Crippen molar-refractivity contribution in [3.63, 3.8) is 0 Å². The van der Waals surface area contributed by atoms with Crippen molar-refractivity contribution in [3.05, 3.63) is 0 Å². The molecule has 1 aliphatic carbocycles. The topological polar surface area (TPSA) is 75.6 Å². The van der Waals surface area contributed by atoms with Gasteiger partial charge in [0.2, 0.25) is 5.91 Å². The Morgan fingerprint density at radius 1 is 1.16 bits per heavy atom. The molecule has 0 aromatic carbocycles. The molecule has 1 amide bonds. The zero-order valence-electron chi connectivity index (χ0n) is 11.7. The summed E-state index contributed by atoms with van der Waals surface area (Å²) in [5.74, 6) is -1.76. The molecule has 0 bridgehead atoms. The molecule has 0 aromatic heterocycles. The van der Waals surface area contributed by atoms with Crippen LogP contribution in [0.5, 0.6) is 0 Å². The van der Waals surface area contributed by atoms with Gasteiger partial charge in [-0.15, -0.1) is 0 Å². The average molecular weight is 271 g/mol. The highest BCUT2D eigenvalue weighted by molar-refractivity contribution is 5.84. The molecule has 1 saturated carbocycles. The van der Waals surface area contributed by atoms with Gasteiger partial charge in [-0.25, -0.2) is 0 Å². The third-order valence-electron chi connectivity index (χ3n) is 3.74. The largest absolute Gasteiger partial charge is 0.481 e. The lowest BCUT2D eigenvalue weighted by molar-refractivity contribution is -0.148. The first-order valence-electron chi connectivity index (χ1n) is 7.16. The van der Waals surface area contributed by atoms with Crippen LogP contribution in [0.2, 0.25) is 0 Å². The summed E-state index contributed by atoms with van der Waals surface area (Å²) < 4.78 is 4.95. The minimum Gasteiger partial charge on any atom is -0.481 e. The van der Waals surface area contributed by atoms with E-state index in [9.17, 15) is 9.59 Å². The summed E-state index contributed by atoms with van der Waals surface area (Å²) in [7, 11) is 1.68. The number of carbonyl (C=O) groups is 2. The predicted octanol–water partition coefficient (Wildman–Crippen LogP) is 1.81. The molecule has 5 heteroatoms. The lowest BCUT2D eigenvalue weighted by atomic mass is 9.78. The van der Waals surface area contributed by atoms with Gasteiger partial charge in [0, 0.05) is 20.3 Å². The number of carboxylic acid groups (broad SMARTS) is 1. The zero-order valence-corrected chi connectivity index (χ0v) is 11.7. The molecule has 19 heavy (non-hydrogen) atoms. The molecule has 2 N–H and O–H groups in total. The number of unbranched alkanes of at least 4 members (excludes halogenated alkanes) is 2. The van der Waals surface area contributed by atoms with E-state index in [1.807, 2.05) is 0 Å². The first kappa shape index (κ1) is 16.0. The molecule has 0 aliphatic heterocycles. The standard InChI is InChI=1S/C14H25NO4/c1-19-10-6-2-5-9-15-13(16)11-7-3-4-8-12(11)14(17)18/h11-12H,2-10H2,1H3,(H,15,16)(H,17,18). The summed E-state index contributed by atoms with van der Waals surface area (Å²) >= 11 is 0. The molecule has 2 unspecified atom stereocenters. The van der Waals surface area contributed by atoms with E-state index >= 15 is 0 Å². The van der Waals surface area contributed by atoms with E-state index in [0.717, 1.165) is 38.7 Å². The highest BCUT2D eigenvalue weighted by Crippen LogP contribution is 2.30. The van der Waals surface area contributed by atoms with E-state index in [-0.39, 0.29) is 11.8 Å². The fraction of sp³-hybridized carbons (Fsp3) is 0.857. The van der Waals surface area contributed by atoms with Crippen molar-refractivity contribution in [1.29, 1.82) is 0 Å². The number of hydrogen-bond donors (Lipinski definition) is 2. The Labute approximate surface area is 114 Å². The Morgan fingerprint density at radius 2 is 1.84 bits per heavy atom. The van der Waals surface area contributed by atoms with Gasteiger partial charge in [0.25, 0.3) is 0 Å². The summed E-state index contributed by atoms with van der Waals surface area (Å²) in [6, 6.07) is 0. The van der Waals surface area contributed by atoms with Crippen molar-refractivity contribution in [3.8, 4) is 0 Å². The maximum absolute atomic E-state index is 12.0. The van der Waals surface area contributed by atoms with Crippen LogP contribution in [0.4, 0.5) is 0 Å². The lowest BCUT2D eigenvalue weighted by Crippen LogP contribution is -2.40. The second-order valence-electron chi connectivity index (χ2n) is 5.18. The van der Waals surface area contributed by atoms with Crippen molar-refractivity contribution in [1.82, 2.24) is 5.32 Å². The lowest BCUT2D eigenvalue weighted by Gasteiger charge is -2.27. The molecule has 1 rings (SSSR count). The second kappa shape index (κ2) is 8.91. The highest BCUT2D eigenvalue weighted by Gasteiger charge is 2.35. The van der Waals surface area contributed by atoms with Crippen LogP contribution < -0.4 is 5.32 Å². The number of aliphatic carboxylic acids is 1. The zero-order chi connectivity index (χ0) is 14.1. The molecular weight excluding hydrogens is 246 g/mol. The minimum atomic E-state index is -0.833. The van der Waals surface area contributed by atoms with Gasteiger partial charge in [0.1, 0.15) is 0 Å². The monoisotopic (exact) mass is 271 g/mol.